The van der Waals surface area contributed by atoms with Crippen LogP contribution in [0.15, 0.2) is 30.6 Å². The Balaban J connectivity index is 1.27. The van der Waals surface area contributed by atoms with Crippen LogP contribution in [0.25, 0.3) is 0 Å². The molecule has 0 bridgehead atoms. The largest absolute Gasteiger partial charge is 0.489 e. The third-order valence-corrected chi connectivity index (χ3v) is 7.94. The van der Waals surface area contributed by atoms with Crippen molar-refractivity contribution in [1.29, 1.82) is 0 Å². The minimum absolute atomic E-state index is 0.104. The van der Waals surface area contributed by atoms with Gasteiger partial charge in [-0.2, -0.15) is 0 Å². The van der Waals surface area contributed by atoms with Gasteiger partial charge in [0.2, 0.25) is 16.0 Å². The van der Waals surface area contributed by atoms with E-state index in [1.54, 1.807) is 0 Å². The monoisotopic (exact) mass is 493 g/mol. The zero-order valence-electron chi connectivity index (χ0n) is 19.2. The second-order valence-corrected chi connectivity index (χ2v) is 11.2. The quantitative estimate of drug-likeness (QED) is 0.630. The number of benzene rings is 1. The number of ether oxygens (including phenoxy) is 1. The second kappa shape index (κ2) is 10.4. The molecule has 0 aliphatic carbocycles. The first-order valence-corrected chi connectivity index (χ1v) is 13.8. The van der Waals surface area contributed by atoms with Gasteiger partial charge in [-0.25, -0.2) is 22.7 Å². The highest BCUT2D eigenvalue weighted by atomic mass is 35.5. The van der Waals surface area contributed by atoms with E-state index in [2.05, 4.69) is 27.1 Å². The van der Waals surface area contributed by atoms with E-state index in [1.807, 2.05) is 30.6 Å². The van der Waals surface area contributed by atoms with Crippen molar-refractivity contribution in [3.05, 3.63) is 41.2 Å². The zero-order valence-corrected chi connectivity index (χ0v) is 20.8. The van der Waals surface area contributed by atoms with Crippen molar-refractivity contribution in [3.63, 3.8) is 0 Å². The van der Waals surface area contributed by atoms with Gasteiger partial charge in [-0.1, -0.05) is 18.5 Å². The fraction of sp³-hybridized carbons (Fsp3) is 0.565. The van der Waals surface area contributed by atoms with E-state index in [0.717, 1.165) is 62.4 Å². The van der Waals surface area contributed by atoms with Crippen molar-refractivity contribution in [2.45, 2.75) is 51.2 Å². The summed E-state index contributed by atoms with van der Waals surface area (Å²) in [5.41, 5.74) is 2.07. The van der Waals surface area contributed by atoms with Gasteiger partial charge in [0, 0.05) is 63.1 Å². The summed E-state index contributed by atoms with van der Waals surface area (Å²) in [5, 5.41) is 4.05. The predicted molar refractivity (Wildman–Crippen MR) is 132 cm³/mol. The molecule has 180 valence electrons. The summed E-state index contributed by atoms with van der Waals surface area (Å²) in [5.74, 6) is 1.47. The highest BCUT2D eigenvalue weighted by molar-refractivity contribution is 7.88. The van der Waals surface area contributed by atoms with Crippen molar-refractivity contribution in [2.24, 2.45) is 0 Å². The molecule has 3 heterocycles. The lowest BCUT2D eigenvalue weighted by Crippen LogP contribution is -2.41. The van der Waals surface area contributed by atoms with Gasteiger partial charge < -0.3 is 15.0 Å². The van der Waals surface area contributed by atoms with Crippen molar-refractivity contribution in [3.8, 4) is 5.75 Å². The maximum absolute atomic E-state index is 11.7. The SMILES string of the molecule is CCc1cnc(N2CCC(Oc3ccc(NC4CCN(S(C)(=O)=O)CC4)cc3Cl)CC2)nc1. The summed E-state index contributed by atoms with van der Waals surface area (Å²) in [6.45, 7) is 4.87. The highest BCUT2D eigenvalue weighted by Crippen LogP contribution is 2.31. The van der Waals surface area contributed by atoms with E-state index in [0.29, 0.717) is 23.9 Å². The van der Waals surface area contributed by atoms with Gasteiger partial charge in [0.15, 0.2) is 0 Å². The van der Waals surface area contributed by atoms with Crippen LogP contribution in [0.4, 0.5) is 11.6 Å². The molecule has 2 aromatic rings. The molecule has 0 atom stereocenters. The molecule has 2 saturated heterocycles. The van der Waals surface area contributed by atoms with Crippen LogP contribution in [0.5, 0.6) is 5.75 Å². The molecule has 10 heteroatoms. The smallest absolute Gasteiger partial charge is 0.225 e. The minimum Gasteiger partial charge on any atom is -0.489 e. The number of anilines is 2. The predicted octanol–water partition coefficient (Wildman–Crippen LogP) is 3.58. The lowest BCUT2D eigenvalue weighted by atomic mass is 10.1. The van der Waals surface area contributed by atoms with Crippen LogP contribution in [0.2, 0.25) is 5.02 Å². The summed E-state index contributed by atoms with van der Waals surface area (Å²) in [7, 11) is -3.11. The van der Waals surface area contributed by atoms with E-state index in [4.69, 9.17) is 16.3 Å². The van der Waals surface area contributed by atoms with E-state index < -0.39 is 10.0 Å². The first-order valence-electron chi connectivity index (χ1n) is 11.6. The topological polar surface area (TPSA) is 87.7 Å². The van der Waals surface area contributed by atoms with Gasteiger partial charge in [-0.15, -0.1) is 0 Å². The lowest BCUT2D eigenvalue weighted by Gasteiger charge is -2.32. The molecular formula is C23H32ClN5O3S. The number of halogens is 1. The molecule has 0 amide bonds. The number of hydrogen-bond acceptors (Lipinski definition) is 7. The Labute approximate surface area is 201 Å². The van der Waals surface area contributed by atoms with Gasteiger partial charge >= 0.3 is 0 Å². The van der Waals surface area contributed by atoms with E-state index in [9.17, 15) is 8.42 Å². The number of piperidine rings is 2. The Morgan fingerprint density at radius 1 is 1.09 bits per heavy atom. The number of rotatable bonds is 7. The number of nitrogens with zero attached hydrogens (tertiary/aromatic N) is 4. The Hall–Kier alpha value is -2.10. The number of hydrogen-bond donors (Lipinski definition) is 1. The number of aromatic nitrogens is 2. The molecule has 0 spiro atoms. The molecule has 0 radical (unpaired) electrons. The standard InChI is InChI=1S/C23H32ClN5O3S/c1-3-17-15-25-23(26-16-17)28-10-8-20(9-11-28)32-22-5-4-19(14-21(22)24)27-18-6-12-29(13-7-18)33(2,30)31/h4-5,14-16,18,20,27H,3,6-13H2,1-2H3. The van der Waals surface area contributed by atoms with Crippen LogP contribution in [-0.2, 0) is 16.4 Å². The minimum atomic E-state index is -3.11. The van der Waals surface area contributed by atoms with Gasteiger partial charge in [-0.3, -0.25) is 0 Å². The number of nitrogens with one attached hydrogen (secondary N) is 1. The fourth-order valence-electron chi connectivity index (χ4n) is 4.30. The molecule has 0 unspecified atom stereocenters. The number of sulfonamides is 1. The van der Waals surface area contributed by atoms with Crippen LogP contribution in [-0.4, -0.2) is 67.3 Å². The van der Waals surface area contributed by atoms with E-state index in [-0.39, 0.29) is 12.1 Å². The number of aryl methyl sites for hydroxylation is 1. The normalized spacial score (nSPS) is 18.9. The third-order valence-electron chi connectivity index (χ3n) is 6.34. The van der Waals surface area contributed by atoms with Crippen LogP contribution < -0.4 is 15.0 Å². The maximum atomic E-state index is 11.7. The van der Waals surface area contributed by atoms with Crippen LogP contribution in [0.3, 0.4) is 0 Å². The van der Waals surface area contributed by atoms with Crippen molar-refractivity contribution in [1.82, 2.24) is 14.3 Å². The molecule has 33 heavy (non-hydrogen) atoms. The molecular weight excluding hydrogens is 462 g/mol. The average Bonchev–Trinajstić information content (AvgIpc) is 2.81. The van der Waals surface area contributed by atoms with E-state index in [1.165, 1.54) is 10.6 Å². The summed E-state index contributed by atoms with van der Waals surface area (Å²) >= 11 is 6.52. The fourth-order valence-corrected chi connectivity index (χ4v) is 5.40. The highest BCUT2D eigenvalue weighted by Gasteiger charge is 2.25. The van der Waals surface area contributed by atoms with Gasteiger partial charge in [0.25, 0.3) is 0 Å². The molecule has 2 aliphatic rings. The molecule has 1 aromatic heterocycles. The van der Waals surface area contributed by atoms with Crippen molar-refractivity contribution < 1.29 is 13.2 Å². The Morgan fingerprint density at radius 3 is 2.33 bits per heavy atom. The summed E-state index contributed by atoms with van der Waals surface area (Å²) < 4.78 is 31.1. The van der Waals surface area contributed by atoms with Gasteiger partial charge in [0.1, 0.15) is 11.9 Å². The van der Waals surface area contributed by atoms with Gasteiger partial charge in [0.05, 0.1) is 11.3 Å². The molecule has 2 aliphatic heterocycles. The molecule has 2 fully saturated rings. The van der Waals surface area contributed by atoms with E-state index >= 15 is 0 Å². The van der Waals surface area contributed by atoms with Crippen LogP contribution in [0, 0.1) is 0 Å². The molecule has 1 aromatic carbocycles. The molecule has 8 nitrogen and oxygen atoms in total. The second-order valence-electron chi connectivity index (χ2n) is 8.77. The third kappa shape index (κ3) is 6.28. The Bertz CT molecular complexity index is 1030. The van der Waals surface area contributed by atoms with Crippen molar-refractivity contribution >= 4 is 33.3 Å². The van der Waals surface area contributed by atoms with Gasteiger partial charge in [-0.05, 0) is 43.0 Å². The zero-order chi connectivity index (χ0) is 23.4. The molecule has 0 saturated carbocycles. The first kappa shape index (κ1) is 24.0. The summed E-state index contributed by atoms with van der Waals surface area (Å²) in [4.78, 5) is 11.2. The lowest BCUT2D eigenvalue weighted by molar-refractivity contribution is 0.170. The first-order chi connectivity index (χ1) is 15.8. The average molecular weight is 494 g/mol. The van der Waals surface area contributed by atoms with Crippen LogP contribution in [0.1, 0.15) is 38.2 Å². The summed E-state index contributed by atoms with van der Waals surface area (Å²) in [6, 6.07) is 6.00. The Kier molecular flexibility index (Phi) is 7.61. The molecule has 4 rings (SSSR count). The van der Waals surface area contributed by atoms with Crippen molar-refractivity contribution in [2.75, 3.05) is 42.7 Å². The Morgan fingerprint density at radius 2 is 1.76 bits per heavy atom. The maximum Gasteiger partial charge on any atom is 0.225 e. The summed E-state index contributed by atoms with van der Waals surface area (Å²) in [6.07, 6.45) is 9.41. The molecule has 1 N–H and O–H groups in total. The van der Waals surface area contributed by atoms with Crippen LogP contribution >= 0.6 is 11.6 Å².